The van der Waals surface area contributed by atoms with E-state index in [1.54, 1.807) is 0 Å². The van der Waals surface area contributed by atoms with Gasteiger partial charge in [-0.3, -0.25) is 0 Å². The molecule has 0 radical (unpaired) electrons. The first-order chi connectivity index (χ1) is 6.79. The molecule has 0 aromatic heterocycles. The Morgan fingerprint density at radius 3 is 2.57 bits per heavy atom. The molecular formula is C12H23NO. The van der Waals surface area contributed by atoms with Crippen molar-refractivity contribution in [1.29, 1.82) is 0 Å². The summed E-state index contributed by atoms with van der Waals surface area (Å²) >= 11 is 0. The monoisotopic (exact) mass is 197 g/mol. The van der Waals surface area contributed by atoms with Gasteiger partial charge in [-0.2, -0.15) is 0 Å². The summed E-state index contributed by atoms with van der Waals surface area (Å²) in [6, 6.07) is 0.433. The molecule has 1 aliphatic rings. The summed E-state index contributed by atoms with van der Waals surface area (Å²) in [7, 11) is 2.02. The van der Waals surface area contributed by atoms with Crippen LogP contribution in [0, 0.1) is 0 Å². The average molecular weight is 197 g/mol. The first-order valence-electron chi connectivity index (χ1n) is 5.71. The van der Waals surface area contributed by atoms with Gasteiger partial charge in [0.1, 0.15) is 0 Å². The molecule has 0 heterocycles. The molecule has 0 aliphatic heterocycles. The van der Waals surface area contributed by atoms with Crippen molar-refractivity contribution >= 4 is 0 Å². The normalized spacial score (nSPS) is 22.1. The third-order valence-corrected chi connectivity index (χ3v) is 3.27. The second-order valence-electron chi connectivity index (χ2n) is 4.07. The van der Waals surface area contributed by atoms with Gasteiger partial charge in [-0.15, -0.1) is 6.58 Å². The Balaban J connectivity index is 2.67. The van der Waals surface area contributed by atoms with Crippen LogP contribution in [0.3, 0.4) is 0 Å². The lowest BCUT2D eigenvalue weighted by Gasteiger charge is -2.36. The Labute approximate surface area is 87.7 Å². The summed E-state index contributed by atoms with van der Waals surface area (Å²) in [4.78, 5) is 0. The van der Waals surface area contributed by atoms with Crippen LogP contribution >= 0.6 is 0 Å². The maximum absolute atomic E-state index is 5.99. The van der Waals surface area contributed by atoms with Crippen molar-refractivity contribution in [3.8, 4) is 0 Å². The zero-order valence-corrected chi connectivity index (χ0v) is 9.51. The summed E-state index contributed by atoms with van der Waals surface area (Å²) in [5.74, 6) is 0. The van der Waals surface area contributed by atoms with Crippen LogP contribution in [0.25, 0.3) is 0 Å². The first kappa shape index (κ1) is 11.7. The van der Waals surface area contributed by atoms with Crippen LogP contribution < -0.4 is 5.32 Å². The lowest BCUT2D eigenvalue weighted by molar-refractivity contribution is -0.0591. The molecule has 0 aromatic carbocycles. The van der Waals surface area contributed by atoms with Crippen molar-refractivity contribution in [2.45, 2.75) is 50.7 Å². The van der Waals surface area contributed by atoms with Gasteiger partial charge in [-0.05, 0) is 33.2 Å². The predicted molar refractivity (Wildman–Crippen MR) is 60.5 cm³/mol. The molecule has 1 saturated carbocycles. The Morgan fingerprint density at radius 1 is 1.50 bits per heavy atom. The largest absolute Gasteiger partial charge is 0.374 e. The van der Waals surface area contributed by atoms with E-state index in [0.29, 0.717) is 6.04 Å². The van der Waals surface area contributed by atoms with E-state index in [1.807, 2.05) is 13.1 Å². The highest BCUT2D eigenvalue weighted by Gasteiger charge is 2.40. The molecule has 1 fully saturated rings. The predicted octanol–water partition coefficient (Wildman–Crippen LogP) is 2.50. The van der Waals surface area contributed by atoms with Crippen LogP contribution in [0.5, 0.6) is 0 Å². The van der Waals surface area contributed by atoms with Crippen molar-refractivity contribution in [2.75, 3.05) is 13.7 Å². The van der Waals surface area contributed by atoms with Gasteiger partial charge in [-0.25, -0.2) is 0 Å². The Hall–Kier alpha value is -0.340. The van der Waals surface area contributed by atoms with Gasteiger partial charge < -0.3 is 10.1 Å². The quantitative estimate of drug-likeness (QED) is 0.661. The molecule has 0 aromatic rings. The molecule has 1 N–H and O–H groups in total. The number of ether oxygens (including phenoxy) is 1. The van der Waals surface area contributed by atoms with Gasteiger partial charge >= 0.3 is 0 Å². The molecule has 0 spiro atoms. The number of nitrogens with one attached hydrogen (secondary N) is 1. The lowest BCUT2D eigenvalue weighted by Crippen LogP contribution is -2.49. The second kappa shape index (κ2) is 5.52. The molecule has 1 rings (SSSR count). The minimum absolute atomic E-state index is 0.0810. The Kier molecular flexibility index (Phi) is 4.63. The standard InChI is InChI=1S/C12H23NO/c1-4-8-11(13-3)12(14-5-2)9-6-7-10-12/h4,11,13H,1,5-10H2,2-3H3. The second-order valence-corrected chi connectivity index (χ2v) is 4.07. The fraction of sp³-hybridized carbons (Fsp3) is 0.833. The molecule has 1 aliphatic carbocycles. The highest BCUT2D eigenvalue weighted by atomic mass is 16.5. The number of hydrogen-bond donors (Lipinski definition) is 1. The summed E-state index contributed by atoms with van der Waals surface area (Å²) in [5.41, 5.74) is 0.0810. The summed E-state index contributed by atoms with van der Waals surface area (Å²) < 4.78 is 5.99. The van der Waals surface area contributed by atoms with Gasteiger partial charge in [0.25, 0.3) is 0 Å². The molecule has 0 saturated heterocycles. The maximum atomic E-state index is 5.99. The van der Waals surface area contributed by atoms with Crippen molar-refractivity contribution in [3.05, 3.63) is 12.7 Å². The molecular weight excluding hydrogens is 174 g/mol. The summed E-state index contributed by atoms with van der Waals surface area (Å²) in [5, 5.41) is 3.37. The van der Waals surface area contributed by atoms with Gasteiger partial charge in [0.05, 0.1) is 5.60 Å². The number of rotatable bonds is 6. The number of likely N-dealkylation sites (N-methyl/N-ethyl adjacent to an activating group) is 1. The van der Waals surface area contributed by atoms with Gasteiger partial charge in [0.15, 0.2) is 0 Å². The van der Waals surface area contributed by atoms with E-state index < -0.39 is 0 Å². The Morgan fingerprint density at radius 2 is 2.14 bits per heavy atom. The van der Waals surface area contributed by atoms with Crippen LogP contribution in [-0.4, -0.2) is 25.3 Å². The first-order valence-corrected chi connectivity index (χ1v) is 5.71. The Bertz CT molecular complexity index is 173. The van der Waals surface area contributed by atoms with Crippen molar-refractivity contribution in [2.24, 2.45) is 0 Å². The highest BCUT2D eigenvalue weighted by molar-refractivity contribution is 4.99. The molecule has 2 nitrogen and oxygen atoms in total. The SMILES string of the molecule is C=CCC(NC)C1(OCC)CCCC1. The van der Waals surface area contributed by atoms with E-state index in [4.69, 9.17) is 4.74 Å². The molecule has 1 atom stereocenters. The van der Waals surface area contributed by atoms with E-state index in [0.717, 1.165) is 13.0 Å². The van der Waals surface area contributed by atoms with E-state index in [2.05, 4.69) is 18.8 Å². The van der Waals surface area contributed by atoms with Crippen LogP contribution in [0.1, 0.15) is 39.0 Å². The van der Waals surface area contributed by atoms with Crippen LogP contribution in [-0.2, 0) is 4.74 Å². The van der Waals surface area contributed by atoms with Crippen molar-refractivity contribution < 1.29 is 4.74 Å². The molecule has 2 heteroatoms. The molecule has 14 heavy (non-hydrogen) atoms. The molecule has 0 amide bonds. The van der Waals surface area contributed by atoms with Crippen LogP contribution in [0.15, 0.2) is 12.7 Å². The third-order valence-electron chi connectivity index (χ3n) is 3.27. The van der Waals surface area contributed by atoms with Gasteiger partial charge in [0.2, 0.25) is 0 Å². The van der Waals surface area contributed by atoms with E-state index in [-0.39, 0.29) is 5.60 Å². The average Bonchev–Trinajstić information content (AvgIpc) is 2.64. The van der Waals surface area contributed by atoms with E-state index in [9.17, 15) is 0 Å². The molecule has 1 unspecified atom stereocenters. The fourth-order valence-electron chi connectivity index (χ4n) is 2.62. The smallest absolute Gasteiger partial charge is 0.0837 e. The van der Waals surface area contributed by atoms with Crippen molar-refractivity contribution in [1.82, 2.24) is 5.32 Å². The van der Waals surface area contributed by atoms with Gasteiger partial charge in [0, 0.05) is 12.6 Å². The maximum Gasteiger partial charge on any atom is 0.0837 e. The summed E-state index contributed by atoms with van der Waals surface area (Å²) in [6.07, 6.45) is 7.97. The van der Waals surface area contributed by atoms with E-state index in [1.165, 1.54) is 25.7 Å². The lowest BCUT2D eigenvalue weighted by atomic mass is 9.89. The van der Waals surface area contributed by atoms with E-state index >= 15 is 0 Å². The highest BCUT2D eigenvalue weighted by Crippen LogP contribution is 2.37. The molecule has 0 bridgehead atoms. The van der Waals surface area contributed by atoms with Crippen molar-refractivity contribution in [3.63, 3.8) is 0 Å². The fourth-order valence-corrected chi connectivity index (χ4v) is 2.62. The summed E-state index contributed by atoms with van der Waals surface area (Å²) in [6.45, 7) is 6.71. The minimum atomic E-state index is 0.0810. The van der Waals surface area contributed by atoms with Crippen LogP contribution in [0.4, 0.5) is 0 Å². The third kappa shape index (κ3) is 2.37. The topological polar surface area (TPSA) is 21.3 Å². The van der Waals surface area contributed by atoms with Gasteiger partial charge in [-0.1, -0.05) is 18.9 Å². The zero-order valence-electron chi connectivity index (χ0n) is 9.51. The number of hydrogen-bond acceptors (Lipinski definition) is 2. The minimum Gasteiger partial charge on any atom is -0.374 e. The zero-order chi connectivity index (χ0) is 10.4. The molecule has 82 valence electrons. The van der Waals surface area contributed by atoms with Crippen LogP contribution in [0.2, 0.25) is 0 Å².